The highest BCUT2D eigenvalue weighted by molar-refractivity contribution is 9.10. The lowest BCUT2D eigenvalue weighted by atomic mass is 10.2. The molecule has 0 aliphatic rings. The lowest BCUT2D eigenvalue weighted by Gasteiger charge is -2.10. The van der Waals surface area contributed by atoms with Crippen molar-refractivity contribution >= 4 is 21.8 Å². The maximum atomic E-state index is 11.3. The maximum absolute atomic E-state index is 11.3. The fourth-order valence-corrected chi connectivity index (χ4v) is 2.05. The molecule has 0 saturated heterocycles. The number of nitrogens with one attached hydrogen (secondary N) is 2. The van der Waals surface area contributed by atoms with E-state index in [1.807, 2.05) is 24.3 Å². The summed E-state index contributed by atoms with van der Waals surface area (Å²) in [6.45, 7) is 3.79. The van der Waals surface area contributed by atoms with Crippen LogP contribution in [0.1, 0.15) is 18.9 Å². The molecular weight excluding hydrogens is 322 g/mol. The van der Waals surface area contributed by atoms with Gasteiger partial charge in [0, 0.05) is 6.54 Å². The average molecular weight is 340 g/mol. The monoisotopic (exact) mass is 339 g/mol. The lowest BCUT2D eigenvalue weighted by molar-refractivity contribution is -0.122. The highest BCUT2D eigenvalue weighted by atomic mass is 79.9. The minimum Gasteiger partial charge on any atom is -0.483 e. The summed E-state index contributed by atoms with van der Waals surface area (Å²) in [7, 11) is 0. The topological polar surface area (TPSA) is 74.2 Å². The van der Waals surface area contributed by atoms with Crippen LogP contribution in [0.25, 0.3) is 0 Å². The van der Waals surface area contributed by atoms with Crippen LogP contribution in [0, 0.1) is 11.3 Å². The van der Waals surface area contributed by atoms with Crippen LogP contribution in [0.3, 0.4) is 0 Å². The van der Waals surface area contributed by atoms with Gasteiger partial charge in [-0.05, 0) is 46.6 Å². The molecule has 0 atom stereocenters. The van der Waals surface area contributed by atoms with Crippen LogP contribution in [0.15, 0.2) is 22.7 Å². The molecular formula is C14H18BrN3O2. The Morgan fingerprint density at radius 2 is 2.30 bits per heavy atom. The Bertz CT molecular complexity index is 486. The van der Waals surface area contributed by atoms with E-state index >= 15 is 0 Å². The van der Waals surface area contributed by atoms with Gasteiger partial charge in [-0.25, -0.2) is 0 Å². The predicted octanol–water partition coefficient (Wildman–Crippen LogP) is 1.97. The molecule has 0 fully saturated rings. The summed E-state index contributed by atoms with van der Waals surface area (Å²) >= 11 is 3.42. The van der Waals surface area contributed by atoms with Crippen molar-refractivity contribution in [3.8, 4) is 11.8 Å². The van der Waals surface area contributed by atoms with Crippen molar-refractivity contribution in [2.24, 2.45) is 0 Å². The van der Waals surface area contributed by atoms with E-state index in [0.717, 1.165) is 29.5 Å². The zero-order valence-corrected chi connectivity index (χ0v) is 13.0. The van der Waals surface area contributed by atoms with Gasteiger partial charge in [-0.3, -0.25) is 4.79 Å². The van der Waals surface area contributed by atoms with Crippen LogP contribution in [-0.2, 0) is 11.3 Å². The van der Waals surface area contributed by atoms with Crippen molar-refractivity contribution in [1.29, 1.82) is 5.26 Å². The first kappa shape index (κ1) is 16.5. The summed E-state index contributed by atoms with van der Waals surface area (Å²) in [5.74, 6) is 0.295. The first-order chi connectivity index (χ1) is 9.67. The van der Waals surface area contributed by atoms with E-state index in [0.29, 0.717) is 5.75 Å². The zero-order chi connectivity index (χ0) is 14.8. The number of hydrogen-bond donors (Lipinski definition) is 2. The second-order valence-electron chi connectivity index (χ2n) is 4.17. The van der Waals surface area contributed by atoms with Gasteiger partial charge in [0.25, 0.3) is 5.91 Å². The number of nitriles is 1. The van der Waals surface area contributed by atoms with Crippen LogP contribution in [0.5, 0.6) is 5.75 Å². The number of amides is 1. The van der Waals surface area contributed by atoms with E-state index in [2.05, 4.69) is 33.5 Å². The van der Waals surface area contributed by atoms with Crippen molar-refractivity contribution in [3.05, 3.63) is 28.2 Å². The molecule has 20 heavy (non-hydrogen) atoms. The molecule has 0 aromatic heterocycles. The Labute approximate surface area is 127 Å². The molecule has 0 aliphatic carbocycles. The number of ether oxygens (including phenoxy) is 1. The van der Waals surface area contributed by atoms with Gasteiger partial charge >= 0.3 is 0 Å². The Morgan fingerprint density at radius 1 is 1.50 bits per heavy atom. The quantitative estimate of drug-likeness (QED) is 0.561. The van der Waals surface area contributed by atoms with Gasteiger partial charge in [-0.1, -0.05) is 13.0 Å². The third-order valence-electron chi connectivity index (χ3n) is 2.48. The van der Waals surface area contributed by atoms with Gasteiger partial charge < -0.3 is 15.4 Å². The fourth-order valence-electron chi connectivity index (χ4n) is 1.51. The lowest BCUT2D eigenvalue weighted by Crippen LogP contribution is -2.29. The summed E-state index contributed by atoms with van der Waals surface area (Å²) in [5, 5.41) is 14.1. The molecule has 0 bridgehead atoms. The molecule has 5 nitrogen and oxygen atoms in total. The van der Waals surface area contributed by atoms with Gasteiger partial charge in [0.05, 0.1) is 10.5 Å². The minimum absolute atomic E-state index is 0.00853. The number of halogens is 1. The number of benzene rings is 1. The molecule has 0 radical (unpaired) electrons. The van der Waals surface area contributed by atoms with Crippen molar-refractivity contribution in [3.63, 3.8) is 0 Å². The van der Waals surface area contributed by atoms with Crippen LogP contribution in [-0.4, -0.2) is 25.6 Å². The molecule has 0 spiro atoms. The Kier molecular flexibility index (Phi) is 7.70. The Hall–Kier alpha value is -1.58. The summed E-state index contributed by atoms with van der Waals surface area (Å²) in [6.07, 6.45) is 1.10. The van der Waals surface area contributed by atoms with Gasteiger partial charge in [0.1, 0.15) is 12.3 Å². The molecule has 1 aromatic rings. The number of hydrogen-bond acceptors (Lipinski definition) is 4. The fraction of sp³-hybridized carbons (Fsp3) is 0.429. The third-order valence-corrected chi connectivity index (χ3v) is 3.10. The predicted molar refractivity (Wildman–Crippen MR) is 80.3 cm³/mol. The molecule has 0 heterocycles. The molecule has 2 N–H and O–H groups in total. The van der Waals surface area contributed by atoms with Crippen molar-refractivity contribution in [2.45, 2.75) is 19.9 Å². The summed E-state index contributed by atoms with van der Waals surface area (Å²) in [4.78, 5) is 11.3. The SMILES string of the molecule is CCCNCc1ccc(OCC(=O)NCC#N)c(Br)c1. The van der Waals surface area contributed by atoms with E-state index in [1.54, 1.807) is 0 Å². The number of carbonyl (C=O) groups excluding carboxylic acids is 1. The van der Waals surface area contributed by atoms with E-state index in [4.69, 9.17) is 10.00 Å². The second kappa shape index (κ2) is 9.34. The molecule has 0 unspecified atom stereocenters. The van der Waals surface area contributed by atoms with E-state index in [-0.39, 0.29) is 19.1 Å². The summed E-state index contributed by atoms with van der Waals surface area (Å²) in [5.41, 5.74) is 1.15. The maximum Gasteiger partial charge on any atom is 0.258 e. The highest BCUT2D eigenvalue weighted by Gasteiger charge is 2.06. The summed E-state index contributed by atoms with van der Waals surface area (Å²) in [6, 6.07) is 7.58. The van der Waals surface area contributed by atoms with Crippen LogP contribution in [0.2, 0.25) is 0 Å². The van der Waals surface area contributed by atoms with Crippen molar-refractivity contribution < 1.29 is 9.53 Å². The number of nitrogens with zero attached hydrogens (tertiary/aromatic N) is 1. The van der Waals surface area contributed by atoms with Crippen LogP contribution >= 0.6 is 15.9 Å². The molecule has 0 aliphatic heterocycles. The van der Waals surface area contributed by atoms with Crippen molar-refractivity contribution in [2.75, 3.05) is 19.7 Å². The van der Waals surface area contributed by atoms with Crippen molar-refractivity contribution in [1.82, 2.24) is 10.6 Å². The zero-order valence-electron chi connectivity index (χ0n) is 11.4. The minimum atomic E-state index is -0.313. The second-order valence-corrected chi connectivity index (χ2v) is 5.02. The first-order valence-corrected chi connectivity index (χ1v) is 7.22. The normalized spacial score (nSPS) is 9.85. The average Bonchev–Trinajstić information content (AvgIpc) is 2.44. The molecule has 6 heteroatoms. The third kappa shape index (κ3) is 6.04. The van der Waals surface area contributed by atoms with Gasteiger partial charge in [-0.15, -0.1) is 0 Å². The Morgan fingerprint density at radius 3 is 2.95 bits per heavy atom. The van der Waals surface area contributed by atoms with E-state index < -0.39 is 0 Å². The standard InChI is InChI=1S/C14H18BrN3O2/c1-2-6-17-9-11-3-4-13(12(15)8-11)20-10-14(19)18-7-5-16/h3-4,8,17H,2,6-7,9-10H2,1H3,(H,18,19). The Balaban J connectivity index is 2.47. The number of rotatable bonds is 8. The molecule has 1 rings (SSSR count). The molecule has 1 amide bonds. The molecule has 1 aromatic carbocycles. The molecule has 108 valence electrons. The smallest absolute Gasteiger partial charge is 0.258 e. The first-order valence-electron chi connectivity index (χ1n) is 6.43. The van der Waals surface area contributed by atoms with Gasteiger partial charge in [0.2, 0.25) is 0 Å². The van der Waals surface area contributed by atoms with Gasteiger partial charge in [-0.2, -0.15) is 5.26 Å². The van der Waals surface area contributed by atoms with E-state index in [9.17, 15) is 4.79 Å². The van der Waals surface area contributed by atoms with Crippen LogP contribution in [0.4, 0.5) is 0 Å². The largest absolute Gasteiger partial charge is 0.483 e. The van der Waals surface area contributed by atoms with E-state index in [1.165, 1.54) is 0 Å². The van der Waals surface area contributed by atoms with Crippen LogP contribution < -0.4 is 15.4 Å². The highest BCUT2D eigenvalue weighted by Crippen LogP contribution is 2.25. The van der Waals surface area contributed by atoms with Gasteiger partial charge in [0.15, 0.2) is 6.61 Å². The number of carbonyl (C=O) groups is 1. The molecule has 0 saturated carbocycles. The summed E-state index contributed by atoms with van der Waals surface area (Å²) < 4.78 is 6.19.